The molecule has 0 saturated heterocycles. The first-order chi connectivity index (χ1) is 8.94. The molecule has 0 aliphatic carbocycles. The summed E-state index contributed by atoms with van der Waals surface area (Å²) < 4.78 is 32.7. The van der Waals surface area contributed by atoms with Gasteiger partial charge in [-0.25, -0.2) is 8.42 Å². The number of benzene rings is 1. The molecule has 106 valence electrons. The Morgan fingerprint density at radius 1 is 1.32 bits per heavy atom. The molecule has 1 aromatic rings. The van der Waals surface area contributed by atoms with Crippen LogP contribution in [0.15, 0.2) is 24.3 Å². The molecule has 0 radical (unpaired) electrons. The third-order valence-electron chi connectivity index (χ3n) is 2.34. The van der Waals surface area contributed by atoms with E-state index in [4.69, 9.17) is 10.5 Å². The van der Waals surface area contributed by atoms with Gasteiger partial charge in [0.25, 0.3) is 0 Å². The highest BCUT2D eigenvalue weighted by Gasteiger charge is 2.16. The number of nitrogens with two attached hydrogens (primary N) is 1. The third kappa shape index (κ3) is 5.60. The number of anilines is 1. The van der Waals surface area contributed by atoms with Gasteiger partial charge in [-0.15, -0.1) is 0 Å². The van der Waals surface area contributed by atoms with E-state index in [1.165, 1.54) is 0 Å². The van der Waals surface area contributed by atoms with Crippen LogP contribution in [0.3, 0.4) is 0 Å². The molecule has 0 amide bonds. The second-order valence-corrected chi connectivity index (χ2v) is 6.09. The minimum Gasteiger partial charge on any atom is -0.491 e. The molecule has 0 aliphatic rings. The summed E-state index contributed by atoms with van der Waals surface area (Å²) in [4.78, 5) is 10.9. The first-order valence-electron chi connectivity index (χ1n) is 5.69. The van der Waals surface area contributed by atoms with Crippen molar-refractivity contribution in [3.8, 4) is 5.75 Å². The molecule has 0 unspecified atom stereocenters. The Morgan fingerprint density at radius 3 is 2.63 bits per heavy atom. The van der Waals surface area contributed by atoms with Crippen LogP contribution in [0.2, 0.25) is 0 Å². The van der Waals surface area contributed by atoms with Gasteiger partial charge in [0.15, 0.2) is 9.84 Å². The summed E-state index contributed by atoms with van der Waals surface area (Å²) >= 11 is 0. The van der Waals surface area contributed by atoms with Crippen LogP contribution in [0.25, 0.3) is 0 Å². The average molecular weight is 287 g/mol. The van der Waals surface area contributed by atoms with Crippen molar-refractivity contribution in [3.63, 3.8) is 0 Å². The molecule has 0 fully saturated rings. The van der Waals surface area contributed by atoms with E-state index >= 15 is 0 Å². The van der Waals surface area contributed by atoms with Crippen LogP contribution >= 0.6 is 0 Å². The van der Waals surface area contributed by atoms with Crippen LogP contribution in [0, 0.1) is 0 Å². The van der Waals surface area contributed by atoms with Crippen molar-refractivity contribution in [3.05, 3.63) is 24.3 Å². The second kappa shape index (κ2) is 6.98. The first kappa shape index (κ1) is 15.3. The lowest BCUT2D eigenvalue weighted by Gasteiger charge is -2.08. The van der Waals surface area contributed by atoms with Gasteiger partial charge in [-0.2, -0.15) is 0 Å². The molecule has 2 N–H and O–H groups in total. The molecular formula is C12H17NO5S. The summed E-state index contributed by atoms with van der Waals surface area (Å²) in [5, 5.41) is 0. The largest absolute Gasteiger partial charge is 0.491 e. The van der Waals surface area contributed by atoms with Crippen LogP contribution in [0.5, 0.6) is 5.75 Å². The highest BCUT2D eigenvalue weighted by molar-refractivity contribution is 7.92. The Labute approximate surface area is 112 Å². The van der Waals surface area contributed by atoms with E-state index in [9.17, 15) is 13.2 Å². The van der Waals surface area contributed by atoms with Gasteiger partial charge in [0.05, 0.1) is 25.2 Å². The van der Waals surface area contributed by atoms with Crippen LogP contribution in [0.1, 0.15) is 6.42 Å². The molecule has 0 atom stereocenters. The summed E-state index contributed by atoms with van der Waals surface area (Å²) in [5.41, 5.74) is 6.17. The standard InChI is InChI=1S/C12H17NO5S/c1-17-12(14)9-19(15,16)8-4-7-18-11-6-3-2-5-10(11)13/h2-3,5-6H,4,7-9,13H2,1H3. The monoisotopic (exact) mass is 287 g/mol. The molecule has 0 aliphatic heterocycles. The predicted octanol–water partition coefficient (Wildman–Crippen LogP) is 0.625. The molecule has 1 aromatic carbocycles. The molecule has 0 saturated carbocycles. The number of rotatable bonds is 7. The third-order valence-corrected chi connectivity index (χ3v) is 3.93. The van der Waals surface area contributed by atoms with Crippen molar-refractivity contribution >= 4 is 21.5 Å². The first-order valence-corrected chi connectivity index (χ1v) is 7.51. The smallest absolute Gasteiger partial charge is 0.320 e. The maximum absolute atomic E-state index is 11.5. The highest BCUT2D eigenvalue weighted by Crippen LogP contribution is 2.19. The fraction of sp³-hybridized carbons (Fsp3) is 0.417. The summed E-state index contributed by atoms with van der Waals surface area (Å²) in [5.74, 6) is -0.965. The number of sulfone groups is 1. The average Bonchev–Trinajstić information content (AvgIpc) is 2.36. The SMILES string of the molecule is COC(=O)CS(=O)(=O)CCCOc1ccccc1N. The Kier molecular flexibility index (Phi) is 5.62. The van der Waals surface area contributed by atoms with Gasteiger partial charge in [0.1, 0.15) is 11.5 Å². The summed E-state index contributed by atoms with van der Waals surface area (Å²) in [6.45, 7) is 0.217. The van der Waals surface area contributed by atoms with Gasteiger partial charge < -0.3 is 15.2 Å². The Balaban J connectivity index is 2.35. The number of hydrogen-bond acceptors (Lipinski definition) is 6. The predicted molar refractivity (Wildman–Crippen MR) is 71.6 cm³/mol. The van der Waals surface area contributed by atoms with E-state index in [1.807, 2.05) is 0 Å². The van der Waals surface area contributed by atoms with E-state index in [2.05, 4.69) is 4.74 Å². The number of esters is 1. The lowest BCUT2D eigenvalue weighted by atomic mass is 10.3. The van der Waals surface area contributed by atoms with Crippen LogP contribution < -0.4 is 10.5 Å². The van der Waals surface area contributed by atoms with Crippen LogP contribution in [0.4, 0.5) is 5.69 Å². The van der Waals surface area contributed by atoms with Gasteiger partial charge in [-0.3, -0.25) is 4.79 Å². The van der Waals surface area contributed by atoms with Crippen molar-refractivity contribution in [2.24, 2.45) is 0 Å². The zero-order chi connectivity index (χ0) is 14.3. The van der Waals surface area contributed by atoms with E-state index in [0.29, 0.717) is 11.4 Å². The van der Waals surface area contributed by atoms with E-state index in [-0.39, 0.29) is 18.8 Å². The molecule has 0 bridgehead atoms. The lowest BCUT2D eigenvalue weighted by molar-refractivity contribution is -0.137. The van der Waals surface area contributed by atoms with Crippen molar-refractivity contribution in [1.29, 1.82) is 0 Å². The maximum Gasteiger partial charge on any atom is 0.320 e. The van der Waals surface area contributed by atoms with Gasteiger partial charge in [-0.1, -0.05) is 12.1 Å². The summed E-state index contributed by atoms with van der Waals surface area (Å²) in [6, 6.07) is 6.96. The molecule has 1 rings (SSSR count). The number of ether oxygens (including phenoxy) is 2. The Morgan fingerprint density at radius 2 is 2.00 bits per heavy atom. The number of nitrogen functional groups attached to an aromatic ring is 1. The summed E-state index contributed by atoms with van der Waals surface area (Å²) in [6.07, 6.45) is 0.285. The van der Waals surface area contributed by atoms with E-state index < -0.39 is 21.6 Å². The van der Waals surface area contributed by atoms with E-state index in [1.54, 1.807) is 24.3 Å². The number of methoxy groups -OCH3 is 1. The number of para-hydroxylation sites is 2. The van der Waals surface area contributed by atoms with Gasteiger partial charge >= 0.3 is 5.97 Å². The van der Waals surface area contributed by atoms with Crippen LogP contribution in [-0.2, 0) is 19.4 Å². The number of carbonyl (C=O) groups excluding carboxylic acids is 1. The maximum atomic E-state index is 11.5. The fourth-order valence-electron chi connectivity index (χ4n) is 1.38. The van der Waals surface area contributed by atoms with Crippen molar-refractivity contribution < 1.29 is 22.7 Å². The van der Waals surface area contributed by atoms with Crippen LogP contribution in [-0.4, -0.2) is 39.6 Å². The highest BCUT2D eigenvalue weighted by atomic mass is 32.2. The topological polar surface area (TPSA) is 95.7 Å². The van der Waals surface area contributed by atoms with Gasteiger partial charge in [0, 0.05) is 0 Å². The molecule has 0 aromatic heterocycles. The van der Waals surface area contributed by atoms with Crippen molar-refractivity contribution in [1.82, 2.24) is 0 Å². The molecule has 6 nitrogen and oxygen atoms in total. The Bertz CT molecular complexity index is 527. The molecule has 0 heterocycles. The number of hydrogen-bond donors (Lipinski definition) is 1. The lowest BCUT2D eigenvalue weighted by Crippen LogP contribution is -2.21. The second-order valence-electron chi connectivity index (χ2n) is 3.91. The zero-order valence-electron chi connectivity index (χ0n) is 10.7. The van der Waals surface area contributed by atoms with Gasteiger partial charge in [0.2, 0.25) is 0 Å². The van der Waals surface area contributed by atoms with E-state index in [0.717, 1.165) is 7.11 Å². The summed E-state index contributed by atoms with van der Waals surface area (Å²) in [7, 11) is -2.29. The zero-order valence-corrected chi connectivity index (χ0v) is 11.5. The van der Waals surface area contributed by atoms with Crippen molar-refractivity contribution in [2.75, 3.05) is 31.0 Å². The minimum absolute atomic E-state index is 0.130. The quantitative estimate of drug-likeness (QED) is 0.449. The molecule has 7 heteroatoms. The molecule has 19 heavy (non-hydrogen) atoms. The van der Waals surface area contributed by atoms with Gasteiger partial charge in [-0.05, 0) is 18.6 Å². The number of carbonyl (C=O) groups is 1. The fourth-order valence-corrected chi connectivity index (χ4v) is 2.56. The molecular weight excluding hydrogens is 270 g/mol. The molecule has 0 spiro atoms. The minimum atomic E-state index is -3.44. The van der Waals surface area contributed by atoms with Crippen molar-refractivity contribution in [2.45, 2.75) is 6.42 Å². The normalized spacial score (nSPS) is 11.0. The Hall–Kier alpha value is -1.76.